The van der Waals surface area contributed by atoms with E-state index in [0.29, 0.717) is 5.92 Å². The summed E-state index contributed by atoms with van der Waals surface area (Å²) in [6.45, 7) is 11.4. The highest BCUT2D eigenvalue weighted by Gasteiger charge is 2.54. The van der Waals surface area contributed by atoms with Gasteiger partial charge in [0.1, 0.15) is 0 Å². The Morgan fingerprint density at radius 1 is 0.537 bits per heavy atom. The molecule has 2 aliphatic carbocycles. The van der Waals surface area contributed by atoms with Crippen molar-refractivity contribution in [3.8, 4) is 11.1 Å². The zero-order chi connectivity index (χ0) is 28.3. The molecule has 2 aliphatic rings. The van der Waals surface area contributed by atoms with E-state index in [1.807, 2.05) is 0 Å². The van der Waals surface area contributed by atoms with E-state index >= 15 is 0 Å². The van der Waals surface area contributed by atoms with Gasteiger partial charge in [-0.2, -0.15) is 0 Å². The Kier molecular flexibility index (Phi) is 6.12. The Labute approximate surface area is 245 Å². The monoisotopic (exact) mass is 530 g/mol. The first kappa shape index (κ1) is 25.8. The van der Waals surface area contributed by atoms with Crippen LogP contribution in [0.5, 0.6) is 0 Å². The molecule has 0 saturated heterocycles. The molecule has 7 rings (SSSR count). The fraction of sp³-hybridized carbons (Fsp3) is 0.220. The lowest BCUT2D eigenvalue weighted by atomic mass is 9.54. The summed E-state index contributed by atoms with van der Waals surface area (Å²) in [5, 5.41) is 0. The molecule has 202 valence electrons. The highest BCUT2D eigenvalue weighted by molar-refractivity contribution is 5.83. The lowest BCUT2D eigenvalue weighted by Crippen LogP contribution is -2.41. The van der Waals surface area contributed by atoms with Gasteiger partial charge in [0, 0.05) is 17.3 Å². The number of hydrogen-bond acceptors (Lipinski definition) is 0. The lowest BCUT2D eigenvalue weighted by Gasteiger charge is -2.47. The minimum absolute atomic E-state index is 0.154. The molecule has 0 radical (unpaired) electrons. The standard InChI is InChI=1S/C41H38/c1-26(2)30-18-21-34-31(25-30)24-29(5)39(34)41(32-12-8-6-9-13-32,33-14-10-7-11-15-33)40-37-22-27(3)16-19-35(37)36-20-17-28(4)23-38(36)40/h6-26,39-40H,1-5H3. The van der Waals surface area contributed by atoms with Crippen LogP contribution in [0.15, 0.2) is 121 Å². The molecule has 0 aromatic heterocycles. The van der Waals surface area contributed by atoms with Gasteiger partial charge in [-0.1, -0.05) is 152 Å². The first-order valence-electron chi connectivity index (χ1n) is 15.0. The van der Waals surface area contributed by atoms with Gasteiger partial charge in [-0.25, -0.2) is 0 Å². The van der Waals surface area contributed by atoms with E-state index in [1.54, 1.807) is 0 Å². The van der Waals surface area contributed by atoms with Gasteiger partial charge in [0.05, 0.1) is 0 Å². The Hall–Kier alpha value is -4.16. The van der Waals surface area contributed by atoms with Gasteiger partial charge in [-0.3, -0.25) is 0 Å². The van der Waals surface area contributed by atoms with Gasteiger partial charge >= 0.3 is 0 Å². The van der Waals surface area contributed by atoms with Crippen LogP contribution < -0.4 is 0 Å². The number of aryl methyl sites for hydroxylation is 2. The molecule has 41 heavy (non-hydrogen) atoms. The van der Waals surface area contributed by atoms with Gasteiger partial charge in [0.25, 0.3) is 0 Å². The normalized spacial score (nSPS) is 16.0. The van der Waals surface area contributed by atoms with E-state index in [9.17, 15) is 0 Å². The number of hydrogen-bond donors (Lipinski definition) is 0. The zero-order valence-corrected chi connectivity index (χ0v) is 24.8. The Morgan fingerprint density at radius 2 is 1.07 bits per heavy atom. The minimum Gasteiger partial charge on any atom is -0.0639 e. The Balaban J connectivity index is 1.63. The van der Waals surface area contributed by atoms with Crippen LogP contribution in [0.2, 0.25) is 0 Å². The molecular formula is C41H38. The molecule has 0 aliphatic heterocycles. The fourth-order valence-electron chi connectivity index (χ4n) is 7.94. The Bertz CT molecular complexity index is 1690. The Morgan fingerprint density at radius 3 is 1.59 bits per heavy atom. The summed E-state index contributed by atoms with van der Waals surface area (Å²) < 4.78 is 0. The van der Waals surface area contributed by atoms with Crippen LogP contribution in [-0.4, -0.2) is 0 Å². The predicted octanol–water partition coefficient (Wildman–Crippen LogP) is 10.7. The summed E-state index contributed by atoms with van der Waals surface area (Å²) in [6.07, 6.45) is 2.47. The van der Waals surface area contributed by atoms with E-state index in [-0.39, 0.29) is 17.3 Å². The molecule has 1 unspecified atom stereocenters. The van der Waals surface area contributed by atoms with Crippen LogP contribution in [-0.2, 0) is 5.41 Å². The predicted molar refractivity (Wildman–Crippen MR) is 174 cm³/mol. The number of fused-ring (bicyclic) bond motifs is 4. The third kappa shape index (κ3) is 3.88. The van der Waals surface area contributed by atoms with Gasteiger partial charge in [-0.15, -0.1) is 0 Å². The van der Waals surface area contributed by atoms with E-state index in [1.165, 1.54) is 66.8 Å². The van der Waals surface area contributed by atoms with E-state index in [2.05, 4.69) is 156 Å². The lowest BCUT2D eigenvalue weighted by molar-refractivity contribution is 0.405. The molecule has 0 bridgehead atoms. The van der Waals surface area contributed by atoms with Crippen LogP contribution in [0.25, 0.3) is 17.2 Å². The molecule has 0 nitrogen and oxygen atoms in total. The van der Waals surface area contributed by atoms with Gasteiger partial charge < -0.3 is 0 Å². The smallest absolute Gasteiger partial charge is 0.0418 e. The summed E-state index contributed by atoms with van der Waals surface area (Å²) in [7, 11) is 0. The number of benzene rings is 5. The van der Waals surface area contributed by atoms with Gasteiger partial charge in [0.2, 0.25) is 0 Å². The molecule has 5 aromatic rings. The second kappa shape index (κ2) is 9.74. The summed E-state index contributed by atoms with van der Waals surface area (Å²) in [6, 6.07) is 44.2. The first-order valence-corrected chi connectivity index (χ1v) is 15.0. The van der Waals surface area contributed by atoms with Gasteiger partial charge in [-0.05, 0) is 76.8 Å². The van der Waals surface area contributed by atoms with Crippen LogP contribution in [0, 0.1) is 13.8 Å². The molecule has 5 aromatic carbocycles. The van der Waals surface area contributed by atoms with Crippen molar-refractivity contribution < 1.29 is 0 Å². The van der Waals surface area contributed by atoms with Crippen molar-refractivity contribution in [1.29, 1.82) is 0 Å². The van der Waals surface area contributed by atoms with Crippen molar-refractivity contribution in [1.82, 2.24) is 0 Å². The number of allylic oxidation sites excluding steroid dienone is 1. The van der Waals surface area contributed by atoms with Gasteiger partial charge in [0.15, 0.2) is 0 Å². The molecule has 0 fully saturated rings. The average molecular weight is 531 g/mol. The second-order valence-electron chi connectivity index (χ2n) is 12.6. The maximum atomic E-state index is 2.47. The largest absolute Gasteiger partial charge is 0.0639 e. The molecular weight excluding hydrogens is 492 g/mol. The summed E-state index contributed by atoms with van der Waals surface area (Å²) in [4.78, 5) is 0. The molecule has 0 saturated carbocycles. The first-order chi connectivity index (χ1) is 19.9. The summed E-state index contributed by atoms with van der Waals surface area (Å²) in [5.41, 5.74) is 16.3. The summed E-state index contributed by atoms with van der Waals surface area (Å²) in [5.74, 6) is 0.843. The van der Waals surface area contributed by atoms with Crippen LogP contribution in [0.4, 0.5) is 0 Å². The van der Waals surface area contributed by atoms with Crippen molar-refractivity contribution in [3.05, 3.63) is 171 Å². The number of rotatable bonds is 5. The van der Waals surface area contributed by atoms with E-state index in [4.69, 9.17) is 0 Å². The van der Waals surface area contributed by atoms with Crippen molar-refractivity contribution in [2.24, 2.45) is 0 Å². The van der Waals surface area contributed by atoms with Crippen LogP contribution in [0.1, 0.15) is 88.6 Å². The second-order valence-corrected chi connectivity index (χ2v) is 12.6. The highest BCUT2D eigenvalue weighted by atomic mass is 14.6. The molecule has 0 spiro atoms. The highest BCUT2D eigenvalue weighted by Crippen LogP contribution is 2.64. The topological polar surface area (TPSA) is 0 Å². The SMILES string of the molecule is CC1=Cc2cc(C(C)C)ccc2C1C(c1ccccc1)(c1ccccc1)C1c2cc(C)ccc2-c2ccc(C)cc21. The van der Waals surface area contributed by atoms with Crippen LogP contribution >= 0.6 is 0 Å². The summed E-state index contributed by atoms with van der Waals surface area (Å²) >= 11 is 0. The minimum atomic E-state index is -0.352. The molecule has 0 heterocycles. The third-order valence-corrected chi connectivity index (χ3v) is 9.67. The van der Waals surface area contributed by atoms with Crippen molar-refractivity contribution in [2.45, 2.75) is 57.8 Å². The third-order valence-electron chi connectivity index (χ3n) is 9.67. The van der Waals surface area contributed by atoms with Crippen molar-refractivity contribution in [2.75, 3.05) is 0 Å². The van der Waals surface area contributed by atoms with Crippen molar-refractivity contribution >= 4 is 6.08 Å². The maximum Gasteiger partial charge on any atom is 0.0418 e. The molecule has 1 atom stereocenters. The van der Waals surface area contributed by atoms with E-state index in [0.717, 1.165) is 0 Å². The van der Waals surface area contributed by atoms with Crippen LogP contribution in [0.3, 0.4) is 0 Å². The quantitative estimate of drug-likeness (QED) is 0.212. The van der Waals surface area contributed by atoms with E-state index < -0.39 is 0 Å². The molecule has 0 amide bonds. The average Bonchev–Trinajstić information content (AvgIpc) is 3.48. The molecule has 0 N–H and O–H groups in total. The zero-order valence-electron chi connectivity index (χ0n) is 24.8. The maximum absolute atomic E-state index is 2.47. The molecule has 0 heteroatoms. The van der Waals surface area contributed by atoms with Crippen molar-refractivity contribution in [3.63, 3.8) is 0 Å². The fourth-order valence-corrected chi connectivity index (χ4v) is 7.94.